The van der Waals surface area contributed by atoms with Gasteiger partial charge in [0.25, 0.3) is 21.8 Å². The first-order valence-corrected chi connectivity index (χ1v) is 5.10. The lowest BCUT2D eigenvalue weighted by molar-refractivity contribution is -0.385. The van der Waals surface area contributed by atoms with Crippen molar-refractivity contribution in [2.24, 2.45) is 4.40 Å². The Bertz CT molecular complexity index is 591. The molecule has 0 atom stereocenters. The predicted molar refractivity (Wildman–Crippen MR) is 48.4 cm³/mol. The van der Waals surface area contributed by atoms with Crippen LogP contribution in [0.5, 0.6) is 0 Å². The Balaban J connectivity index is 3.40. The molecule has 0 N–H and O–H groups in total. The molecular weight excluding hydrogens is 243 g/mol. The highest BCUT2D eigenvalue weighted by molar-refractivity contribution is 7.90. The van der Waals surface area contributed by atoms with Crippen molar-refractivity contribution in [2.45, 2.75) is 4.90 Å². The summed E-state index contributed by atoms with van der Waals surface area (Å²) < 4.78 is 37.8. The Morgan fingerprint density at radius 1 is 1.44 bits per heavy atom. The third-order valence-corrected chi connectivity index (χ3v) is 2.76. The van der Waals surface area contributed by atoms with E-state index < -0.39 is 31.3 Å². The van der Waals surface area contributed by atoms with Gasteiger partial charge < -0.3 is 0 Å². The average Bonchev–Trinajstić information content (AvgIpc) is 2.16. The molecule has 7 nitrogen and oxygen atoms in total. The fourth-order valence-corrected chi connectivity index (χ4v) is 1.65. The lowest BCUT2D eigenvalue weighted by atomic mass is 10.3. The van der Waals surface area contributed by atoms with E-state index in [2.05, 4.69) is 4.40 Å². The SMILES string of the molecule is O=C=NS(=O)(=O)c1ccc([N+](=O)[O-])cc1F. The van der Waals surface area contributed by atoms with Crippen LogP contribution in [0.2, 0.25) is 0 Å². The monoisotopic (exact) mass is 246 g/mol. The van der Waals surface area contributed by atoms with Crippen LogP contribution in [0.25, 0.3) is 0 Å². The predicted octanol–water partition coefficient (Wildman–Crippen LogP) is 0.758. The van der Waals surface area contributed by atoms with Gasteiger partial charge in [-0.3, -0.25) is 10.1 Å². The third kappa shape index (κ3) is 2.27. The molecule has 0 amide bonds. The van der Waals surface area contributed by atoms with Gasteiger partial charge >= 0.3 is 0 Å². The van der Waals surface area contributed by atoms with Gasteiger partial charge in [0.1, 0.15) is 4.90 Å². The van der Waals surface area contributed by atoms with Crippen LogP contribution >= 0.6 is 0 Å². The van der Waals surface area contributed by atoms with Crippen LogP contribution in [-0.2, 0) is 14.8 Å². The summed E-state index contributed by atoms with van der Waals surface area (Å²) in [6.07, 6.45) is 0.758. The zero-order chi connectivity index (χ0) is 12.3. The Hall–Kier alpha value is -2.12. The molecule has 0 aliphatic rings. The van der Waals surface area contributed by atoms with Gasteiger partial charge in [0.05, 0.1) is 11.0 Å². The van der Waals surface area contributed by atoms with Crippen LogP contribution in [0.15, 0.2) is 27.5 Å². The Morgan fingerprint density at radius 3 is 2.50 bits per heavy atom. The fourth-order valence-electron chi connectivity index (χ4n) is 0.911. The normalized spacial score (nSPS) is 10.6. The highest BCUT2D eigenvalue weighted by Crippen LogP contribution is 2.21. The second-order valence-corrected chi connectivity index (χ2v) is 4.10. The summed E-state index contributed by atoms with van der Waals surface area (Å²) in [6.45, 7) is 0. The van der Waals surface area contributed by atoms with Gasteiger partial charge in [-0.25, -0.2) is 9.18 Å². The van der Waals surface area contributed by atoms with Gasteiger partial charge in [-0.2, -0.15) is 8.42 Å². The smallest absolute Gasteiger partial charge is 0.258 e. The van der Waals surface area contributed by atoms with Gasteiger partial charge in [0.15, 0.2) is 5.82 Å². The highest BCUT2D eigenvalue weighted by atomic mass is 32.2. The quantitative estimate of drug-likeness (QED) is 0.338. The van der Waals surface area contributed by atoms with Crippen molar-refractivity contribution in [3.63, 3.8) is 0 Å². The van der Waals surface area contributed by atoms with E-state index in [9.17, 15) is 27.7 Å². The summed E-state index contributed by atoms with van der Waals surface area (Å²) in [7, 11) is -4.48. The van der Waals surface area contributed by atoms with Gasteiger partial charge in [-0.05, 0) is 6.07 Å². The number of halogens is 1. The molecule has 0 radical (unpaired) electrons. The van der Waals surface area contributed by atoms with Crippen LogP contribution in [0.3, 0.4) is 0 Å². The third-order valence-electron chi connectivity index (χ3n) is 1.56. The lowest BCUT2D eigenvalue weighted by Crippen LogP contribution is -2.01. The van der Waals surface area contributed by atoms with Gasteiger partial charge in [-0.15, -0.1) is 0 Å². The second-order valence-electron chi connectivity index (χ2n) is 2.53. The molecule has 0 aromatic heterocycles. The molecule has 0 heterocycles. The number of carbonyl (C=O) groups excluding carboxylic acids is 1. The van der Waals surface area contributed by atoms with E-state index in [4.69, 9.17) is 0 Å². The summed E-state index contributed by atoms with van der Waals surface area (Å²) in [5, 5.41) is 10.2. The van der Waals surface area contributed by atoms with Gasteiger partial charge in [0.2, 0.25) is 0 Å². The molecule has 0 unspecified atom stereocenters. The minimum Gasteiger partial charge on any atom is -0.258 e. The molecule has 0 spiro atoms. The molecule has 1 rings (SSSR count). The zero-order valence-corrected chi connectivity index (χ0v) is 8.27. The van der Waals surface area contributed by atoms with Crippen LogP contribution in [-0.4, -0.2) is 19.4 Å². The van der Waals surface area contributed by atoms with Crippen LogP contribution in [0.4, 0.5) is 10.1 Å². The molecule has 1 aromatic rings. The Labute approximate surface area is 88.4 Å². The molecule has 0 saturated heterocycles. The summed E-state index contributed by atoms with van der Waals surface area (Å²) in [4.78, 5) is 18.2. The van der Waals surface area contributed by atoms with E-state index in [-0.39, 0.29) is 0 Å². The Kier molecular flexibility index (Phi) is 3.11. The first-order valence-electron chi connectivity index (χ1n) is 3.66. The maximum atomic E-state index is 13.2. The summed E-state index contributed by atoms with van der Waals surface area (Å²) in [5.41, 5.74) is -0.605. The van der Waals surface area contributed by atoms with Crippen molar-refractivity contribution in [3.8, 4) is 0 Å². The molecule has 1 aromatic carbocycles. The van der Waals surface area contributed by atoms with E-state index >= 15 is 0 Å². The van der Waals surface area contributed by atoms with E-state index in [0.717, 1.165) is 12.1 Å². The minimum atomic E-state index is -4.48. The molecule has 0 aliphatic carbocycles. The number of hydrogen-bond donors (Lipinski definition) is 0. The van der Waals surface area contributed by atoms with E-state index in [1.807, 2.05) is 0 Å². The van der Waals surface area contributed by atoms with Crippen LogP contribution in [0, 0.1) is 15.9 Å². The first-order chi connectivity index (χ1) is 7.38. The number of sulfonamides is 1. The van der Waals surface area contributed by atoms with Crippen molar-refractivity contribution >= 4 is 21.8 Å². The molecule has 0 saturated carbocycles. The molecule has 84 valence electrons. The topological polar surface area (TPSA) is 107 Å². The highest BCUT2D eigenvalue weighted by Gasteiger charge is 2.20. The zero-order valence-electron chi connectivity index (χ0n) is 7.45. The van der Waals surface area contributed by atoms with Crippen molar-refractivity contribution in [2.75, 3.05) is 0 Å². The molecule has 16 heavy (non-hydrogen) atoms. The summed E-state index contributed by atoms with van der Waals surface area (Å²) >= 11 is 0. The number of rotatable bonds is 3. The fraction of sp³-hybridized carbons (Fsp3) is 0. The number of nitro groups is 1. The molecular formula is C7H3FN2O5S. The minimum absolute atomic E-state index is 0.424. The molecule has 0 bridgehead atoms. The standard InChI is InChI=1S/C7H3FN2O5S/c8-6-3-5(10(12)13)1-2-7(6)16(14,15)9-4-11/h1-3H. The largest absolute Gasteiger partial charge is 0.295 e. The Morgan fingerprint density at radius 2 is 2.06 bits per heavy atom. The number of nitrogens with zero attached hydrogens (tertiary/aromatic N) is 2. The van der Waals surface area contributed by atoms with E-state index in [1.54, 1.807) is 0 Å². The number of benzene rings is 1. The van der Waals surface area contributed by atoms with Crippen molar-refractivity contribution in [1.82, 2.24) is 0 Å². The molecule has 0 fully saturated rings. The molecule has 0 aliphatic heterocycles. The number of isocyanates is 1. The maximum absolute atomic E-state index is 13.2. The second kappa shape index (κ2) is 4.17. The average molecular weight is 246 g/mol. The van der Waals surface area contributed by atoms with Crippen LogP contribution < -0.4 is 0 Å². The van der Waals surface area contributed by atoms with Crippen molar-refractivity contribution in [1.29, 1.82) is 0 Å². The number of nitro benzene ring substituents is 1. The van der Waals surface area contributed by atoms with Gasteiger partial charge in [0, 0.05) is 6.07 Å². The first kappa shape index (κ1) is 12.0. The van der Waals surface area contributed by atoms with Crippen molar-refractivity contribution < 1.29 is 22.5 Å². The van der Waals surface area contributed by atoms with Gasteiger partial charge in [-0.1, -0.05) is 4.40 Å². The lowest BCUT2D eigenvalue weighted by Gasteiger charge is -1.98. The van der Waals surface area contributed by atoms with Crippen LogP contribution in [0.1, 0.15) is 0 Å². The number of non-ortho nitro benzene ring substituents is 1. The van der Waals surface area contributed by atoms with E-state index in [1.165, 1.54) is 0 Å². The molecule has 9 heteroatoms. The summed E-state index contributed by atoms with van der Waals surface area (Å²) in [6, 6.07) is 1.87. The van der Waals surface area contributed by atoms with Crippen molar-refractivity contribution in [3.05, 3.63) is 34.1 Å². The summed E-state index contributed by atoms with van der Waals surface area (Å²) in [5.74, 6) is -1.35. The van der Waals surface area contributed by atoms with E-state index in [0.29, 0.717) is 12.1 Å². The number of hydrogen-bond acceptors (Lipinski definition) is 5. The maximum Gasteiger partial charge on any atom is 0.295 e.